The minimum Gasteiger partial charge on any atom is -0.341 e. The van der Waals surface area contributed by atoms with Gasteiger partial charge in [-0.3, -0.25) is 9.59 Å². The van der Waals surface area contributed by atoms with Gasteiger partial charge in [0.05, 0.1) is 6.42 Å². The molecule has 0 aliphatic carbocycles. The van der Waals surface area contributed by atoms with Gasteiger partial charge in [-0.1, -0.05) is 24.3 Å². The summed E-state index contributed by atoms with van der Waals surface area (Å²) in [5.41, 5.74) is 2.14. The molecule has 1 N–H and O–H groups in total. The maximum atomic E-state index is 13.9. The number of rotatable bonds is 5. The molecule has 0 atom stereocenters. The van der Waals surface area contributed by atoms with E-state index in [0.717, 1.165) is 30.2 Å². The average molecular weight is 442 g/mol. The van der Waals surface area contributed by atoms with Crippen LogP contribution in [0.2, 0.25) is 0 Å². The van der Waals surface area contributed by atoms with Gasteiger partial charge in [-0.25, -0.2) is 9.37 Å². The van der Waals surface area contributed by atoms with Crippen LogP contribution in [0.15, 0.2) is 53.9 Å². The molecule has 1 saturated heterocycles. The summed E-state index contributed by atoms with van der Waals surface area (Å²) in [4.78, 5) is 31.0. The van der Waals surface area contributed by atoms with Gasteiger partial charge in [-0.15, -0.1) is 11.3 Å². The maximum absolute atomic E-state index is 13.9. The predicted octanol–water partition coefficient (Wildman–Crippen LogP) is 4.32. The Morgan fingerprint density at radius 3 is 2.53 bits per heavy atom. The van der Waals surface area contributed by atoms with E-state index in [-0.39, 0.29) is 23.3 Å². The minimum absolute atomic E-state index is 0.134. The summed E-state index contributed by atoms with van der Waals surface area (Å²) in [5, 5.41) is 4.87. The lowest BCUT2D eigenvalue weighted by Crippen LogP contribution is -2.38. The van der Waals surface area contributed by atoms with E-state index in [1.807, 2.05) is 28.8 Å². The van der Waals surface area contributed by atoms with Crippen molar-refractivity contribution >= 4 is 40.6 Å². The van der Waals surface area contributed by atoms with Crippen LogP contribution in [0.1, 0.15) is 16.1 Å². The highest BCUT2D eigenvalue weighted by Crippen LogP contribution is 2.26. The number of anilines is 1. The number of amides is 2. The number of halogens is 1. The van der Waals surface area contributed by atoms with Crippen molar-refractivity contribution in [2.75, 3.05) is 29.9 Å². The molecule has 2 amide bonds. The lowest BCUT2D eigenvalue weighted by molar-refractivity contribution is -0.130. The van der Waals surface area contributed by atoms with Crippen LogP contribution < -0.4 is 5.32 Å². The Bertz CT molecular complexity index is 1050. The van der Waals surface area contributed by atoms with Crippen LogP contribution in [-0.2, 0) is 11.2 Å². The molecule has 0 unspecified atom stereocenters. The van der Waals surface area contributed by atoms with Gasteiger partial charge >= 0.3 is 0 Å². The van der Waals surface area contributed by atoms with Crippen molar-refractivity contribution < 1.29 is 14.0 Å². The number of nitrogens with one attached hydrogen (secondary N) is 1. The Morgan fingerprint density at radius 1 is 1.07 bits per heavy atom. The van der Waals surface area contributed by atoms with E-state index in [9.17, 15) is 14.0 Å². The van der Waals surface area contributed by atoms with Gasteiger partial charge < -0.3 is 10.2 Å². The van der Waals surface area contributed by atoms with Gasteiger partial charge in [0.1, 0.15) is 16.5 Å². The van der Waals surface area contributed by atoms with E-state index >= 15 is 0 Å². The van der Waals surface area contributed by atoms with E-state index in [0.29, 0.717) is 22.7 Å². The van der Waals surface area contributed by atoms with Crippen LogP contribution in [0.5, 0.6) is 0 Å². The Morgan fingerprint density at radius 2 is 1.80 bits per heavy atom. The number of hydrogen-bond donors (Lipinski definition) is 1. The molecule has 0 saturated carbocycles. The Labute approximate surface area is 182 Å². The molecule has 0 radical (unpaired) electrons. The second-order valence-corrected chi connectivity index (χ2v) is 8.92. The zero-order valence-electron chi connectivity index (χ0n) is 16.1. The van der Waals surface area contributed by atoms with E-state index in [1.54, 1.807) is 35.7 Å². The molecule has 0 spiro atoms. The number of nitrogens with zero attached hydrogens (tertiary/aromatic N) is 2. The first-order valence-corrected chi connectivity index (χ1v) is 11.6. The van der Waals surface area contributed by atoms with E-state index < -0.39 is 0 Å². The molecule has 154 valence electrons. The first-order valence-electron chi connectivity index (χ1n) is 9.56. The van der Waals surface area contributed by atoms with Gasteiger partial charge in [0.25, 0.3) is 5.91 Å². The first kappa shape index (κ1) is 20.6. The van der Waals surface area contributed by atoms with Crippen molar-refractivity contribution in [3.8, 4) is 10.6 Å². The summed E-state index contributed by atoms with van der Waals surface area (Å²) in [5.74, 6) is 1.39. The molecule has 8 heteroatoms. The third kappa shape index (κ3) is 4.88. The molecule has 3 aromatic rings. The molecule has 1 aliphatic rings. The highest BCUT2D eigenvalue weighted by molar-refractivity contribution is 7.99. The molecule has 2 aromatic carbocycles. The first-order chi connectivity index (χ1) is 14.6. The minimum atomic E-state index is -0.368. The van der Waals surface area contributed by atoms with Crippen LogP contribution in [0.3, 0.4) is 0 Å². The molecule has 2 heterocycles. The lowest BCUT2D eigenvalue weighted by atomic mass is 10.1. The second-order valence-electron chi connectivity index (χ2n) is 6.84. The van der Waals surface area contributed by atoms with Crippen LogP contribution >= 0.6 is 23.1 Å². The number of aromatic nitrogens is 1. The second kappa shape index (κ2) is 9.40. The zero-order chi connectivity index (χ0) is 20.9. The van der Waals surface area contributed by atoms with Gasteiger partial charge in [0.2, 0.25) is 5.91 Å². The number of carbonyl (C=O) groups is 2. The summed E-state index contributed by atoms with van der Waals surface area (Å²) >= 11 is 3.09. The fourth-order valence-corrected chi connectivity index (χ4v) is 4.87. The molecular weight excluding hydrogens is 421 g/mol. The van der Waals surface area contributed by atoms with Crippen molar-refractivity contribution in [3.05, 3.63) is 71.0 Å². The third-order valence-corrected chi connectivity index (χ3v) is 6.59. The summed E-state index contributed by atoms with van der Waals surface area (Å²) in [6.45, 7) is 1.61. The van der Waals surface area contributed by atoms with Gasteiger partial charge in [-0.2, -0.15) is 11.8 Å². The third-order valence-electron chi connectivity index (χ3n) is 4.77. The topological polar surface area (TPSA) is 62.3 Å². The number of thioether (sulfide) groups is 1. The molecule has 1 fully saturated rings. The normalized spacial score (nSPS) is 13.8. The zero-order valence-corrected chi connectivity index (χ0v) is 17.8. The van der Waals surface area contributed by atoms with Crippen LogP contribution in [0, 0.1) is 5.82 Å². The fraction of sp³-hybridized carbons (Fsp3) is 0.227. The van der Waals surface area contributed by atoms with Crippen molar-refractivity contribution in [1.29, 1.82) is 0 Å². The van der Waals surface area contributed by atoms with E-state index in [4.69, 9.17) is 0 Å². The van der Waals surface area contributed by atoms with Gasteiger partial charge in [0, 0.05) is 41.2 Å². The van der Waals surface area contributed by atoms with Crippen LogP contribution in [-0.4, -0.2) is 46.3 Å². The molecule has 5 nitrogen and oxygen atoms in total. The average Bonchev–Trinajstić information content (AvgIpc) is 3.26. The highest BCUT2D eigenvalue weighted by Gasteiger charge is 2.17. The molecule has 1 aromatic heterocycles. The Hall–Kier alpha value is -2.71. The lowest BCUT2D eigenvalue weighted by Gasteiger charge is -2.26. The van der Waals surface area contributed by atoms with Crippen molar-refractivity contribution in [2.45, 2.75) is 6.42 Å². The van der Waals surface area contributed by atoms with Crippen molar-refractivity contribution in [1.82, 2.24) is 9.88 Å². The molecule has 0 bridgehead atoms. The summed E-state index contributed by atoms with van der Waals surface area (Å²) in [7, 11) is 0. The summed E-state index contributed by atoms with van der Waals surface area (Å²) in [6, 6.07) is 13.6. The van der Waals surface area contributed by atoms with Crippen molar-refractivity contribution in [2.24, 2.45) is 0 Å². The van der Waals surface area contributed by atoms with Crippen LogP contribution in [0.4, 0.5) is 10.1 Å². The molecular formula is C22H20FN3O2S2. The van der Waals surface area contributed by atoms with Gasteiger partial charge in [0.15, 0.2) is 0 Å². The van der Waals surface area contributed by atoms with E-state index in [1.165, 1.54) is 17.4 Å². The Balaban J connectivity index is 1.37. The maximum Gasteiger partial charge on any atom is 0.275 e. The summed E-state index contributed by atoms with van der Waals surface area (Å²) in [6.07, 6.45) is 0.358. The largest absolute Gasteiger partial charge is 0.341 e. The monoisotopic (exact) mass is 441 g/mol. The molecule has 4 rings (SSSR count). The number of hydrogen-bond acceptors (Lipinski definition) is 5. The molecule has 30 heavy (non-hydrogen) atoms. The number of benzene rings is 2. The van der Waals surface area contributed by atoms with Crippen molar-refractivity contribution in [3.63, 3.8) is 0 Å². The quantitative estimate of drug-likeness (QED) is 0.641. The van der Waals surface area contributed by atoms with E-state index in [2.05, 4.69) is 10.3 Å². The SMILES string of the molecule is O=C(Nc1ccc(CC(=O)N2CCSCC2)cc1)c1csc(-c2ccccc2F)n1. The fourth-order valence-electron chi connectivity index (χ4n) is 3.14. The van der Waals surface area contributed by atoms with Gasteiger partial charge in [-0.05, 0) is 29.8 Å². The highest BCUT2D eigenvalue weighted by atomic mass is 32.2. The smallest absolute Gasteiger partial charge is 0.275 e. The van der Waals surface area contributed by atoms with Crippen LogP contribution in [0.25, 0.3) is 10.6 Å². The number of thiazole rings is 1. The Kier molecular flexibility index (Phi) is 6.44. The summed E-state index contributed by atoms with van der Waals surface area (Å²) < 4.78 is 13.9. The predicted molar refractivity (Wildman–Crippen MR) is 120 cm³/mol. The number of carbonyl (C=O) groups excluding carboxylic acids is 2. The molecule has 1 aliphatic heterocycles. The standard InChI is InChI=1S/C22H20FN3O2S2/c23-18-4-2-1-3-17(18)22-25-19(14-30-22)21(28)24-16-7-5-15(6-8-16)13-20(27)26-9-11-29-12-10-26/h1-8,14H,9-13H2,(H,24,28).